The van der Waals surface area contributed by atoms with Gasteiger partial charge in [-0.05, 0) is 13.3 Å². The Bertz CT molecular complexity index is 294. The van der Waals surface area contributed by atoms with Crippen LogP contribution in [0.15, 0.2) is 24.3 Å². The SMILES string of the molecule is C=CC=C(C)C(=O)ON1CCCC1=O. The summed E-state index contributed by atoms with van der Waals surface area (Å²) in [7, 11) is 0. The van der Waals surface area contributed by atoms with Crippen molar-refractivity contribution in [2.45, 2.75) is 19.8 Å². The molecule has 0 aromatic heterocycles. The van der Waals surface area contributed by atoms with Crippen molar-refractivity contribution >= 4 is 11.9 Å². The average molecular weight is 195 g/mol. The summed E-state index contributed by atoms with van der Waals surface area (Å²) in [4.78, 5) is 27.3. The van der Waals surface area contributed by atoms with Gasteiger partial charge in [0.05, 0.1) is 6.54 Å². The number of nitrogens with zero attached hydrogens (tertiary/aromatic N) is 1. The monoisotopic (exact) mass is 195 g/mol. The standard InChI is InChI=1S/C10H13NO3/c1-3-5-8(2)10(13)14-11-7-4-6-9(11)12/h3,5H,1,4,6-7H2,2H3. The van der Waals surface area contributed by atoms with Gasteiger partial charge in [0.2, 0.25) is 0 Å². The molecule has 4 heteroatoms. The predicted octanol–water partition coefficient (Wildman–Crippen LogP) is 1.20. The van der Waals surface area contributed by atoms with E-state index in [9.17, 15) is 9.59 Å². The Balaban J connectivity index is 2.52. The number of amides is 1. The summed E-state index contributed by atoms with van der Waals surface area (Å²) in [6.45, 7) is 5.57. The van der Waals surface area contributed by atoms with Crippen LogP contribution in [0.25, 0.3) is 0 Å². The molecule has 0 unspecified atom stereocenters. The van der Waals surface area contributed by atoms with Crippen LogP contribution in [0.5, 0.6) is 0 Å². The van der Waals surface area contributed by atoms with Crippen molar-refractivity contribution in [3.63, 3.8) is 0 Å². The van der Waals surface area contributed by atoms with Gasteiger partial charge in [-0.25, -0.2) is 4.79 Å². The van der Waals surface area contributed by atoms with Gasteiger partial charge in [0.25, 0.3) is 5.91 Å². The minimum Gasteiger partial charge on any atom is -0.333 e. The number of rotatable bonds is 3. The third kappa shape index (κ3) is 2.45. The van der Waals surface area contributed by atoms with Crippen LogP contribution in [0.4, 0.5) is 0 Å². The number of allylic oxidation sites excluding steroid dienone is 2. The van der Waals surface area contributed by atoms with Gasteiger partial charge in [0.15, 0.2) is 0 Å². The fraction of sp³-hybridized carbons (Fsp3) is 0.400. The maximum Gasteiger partial charge on any atom is 0.358 e. The van der Waals surface area contributed by atoms with Crippen LogP contribution < -0.4 is 0 Å². The van der Waals surface area contributed by atoms with Gasteiger partial charge < -0.3 is 4.84 Å². The highest BCUT2D eigenvalue weighted by Crippen LogP contribution is 2.11. The van der Waals surface area contributed by atoms with Crippen LogP contribution in [0.2, 0.25) is 0 Å². The highest BCUT2D eigenvalue weighted by molar-refractivity contribution is 5.89. The molecule has 1 heterocycles. The maximum atomic E-state index is 11.3. The molecule has 1 amide bonds. The first-order chi connectivity index (χ1) is 6.65. The van der Waals surface area contributed by atoms with E-state index >= 15 is 0 Å². The molecule has 0 aromatic rings. The molecule has 0 saturated carbocycles. The molecule has 1 aliphatic rings. The Morgan fingerprint density at radius 3 is 2.86 bits per heavy atom. The van der Waals surface area contributed by atoms with E-state index < -0.39 is 5.97 Å². The van der Waals surface area contributed by atoms with E-state index in [4.69, 9.17) is 4.84 Å². The van der Waals surface area contributed by atoms with E-state index in [1.807, 2.05) is 0 Å². The second-order valence-corrected chi connectivity index (χ2v) is 3.06. The molecule has 14 heavy (non-hydrogen) atoms. The van der Waals surface area contributed by atoms with Crippen LogP contribution in [-0.4, -0.2) is 23.5 Å². The maximum absolute atomic E-state index is 11.3. The average Bonchev–Trinajstić information content (AvgIpc) is 2.52. The third-order valence-corrected chi connectivity index (χ3v) is 1.91. The van der Waals surface area contributed by atoms with Crippen molar-refractivity contribution in [1.29, 1.82) is 0 Å². The molecule has 1 fully saturated rings. The lowest BCUT2D eigenvalue weighted by Crippen LogP contribution is -2.28. The molecule has 0 radical (unpaired) electrons. The van der Waals surface area contributed by atoms with Crippen molar-refractivity contribution in [3.8, 4) is 0 Å². The second-order valence-electron chi connectivity index (χ2n) is 3.06. The fourth-order valence-corrected chi connectivity index (χ4v) is 1.14. The zero-order chi connectivity index (χ0) is 10.6. The molecular weight excluding hydrogens is 182 g/mol. The van der Waals surface area contributed by atoms with Crippen molar-refractivity contribution in [2.75, 3.05) is 6.54 Å². The molecule has 0 N–H and O–H groups in total. The van der Waals surface area contributed by atoms with Gasteiger partial charge in [-0.1, -0.05) is 18.7 Å². The van der Waals surface area contributed by atoms with E-state index in [1.165, 1.54) is 6.08 Å². The first-order valence-corrected chi connectivity index (χ1v) is 4.47. The van der Waals surface area contributed by atoms with Gasteiger partial charge in [0, 0.05) is 12.0 Å². The zero-order valence-corrected chi connectivity index (χ0v) is 8.16. The Morgan fingerprint density at radius 1 is 1.64 bits per heavy atom. The lowest BCUT2D eigenvalue weighted by Gasteiger charge is -2.14. The first kappa shape index (κ1) is 10.5. The van der Waals surface area contributed by atoms with Crippen LogP contribution in [0.3, 0.4) is 0 Å². The lowest BCUT2D eigenvalue weighted by molar-refractivity contribution is -0.189. The highest BCUT2D eigenvalue weighted by atomic mass is 16.7. The molecule has 0 spiro atoms. The number of hydrogen-bond acceptors (Lipinski definition) is 3. The topological polar surface area (TPSA) is 46.6 Å². The normalized spacial score (nSPS) is 17.1. The fourth-order valence-electron chi connectivity index (χ4n) is 1.14. The van der Waals surface area contributed by atoms with Gasteiger partial charge in [-0.2, -0.15) is 5.06 Å². The molecular formula is C10H13NO3. The second kappa shape index (κ2) is 4.60. The number of hydroxylamine groups is 2. The Hall–Kier alpha value is -1.58. The Kier molecular flexibility index (Phi) is 3.45. The molecule has 0 aromatic carbocycles. The molecule has 76 valence electrons. The minimum absolute atomic E-state index is 0.134. The number of hydrogen-bond donors (Lipinski definition) is 0. The van der Waals surface area contributed by atoms with Gasteiger partial charge >= 0.3 is 5.97 Å². The zero-order valence-electron chi connectivity index (χ0n) is 8.16. The summed E-state index contributed by atoms with van der Waals surface area (Å²) in [6, 6.07) is 0. The molecule has 4 nitrogen and oxygen atoms in total. The van der Waals surface area contributed by atoms with Gasteiger partial charge in [-0.3, -0.25) is 4.79 Å². The van der Waals surface area contributed by atoms with E-state index in [-0.39, 0.29) is 5.91 Å². The van der Waals surface area contributed by atoms with Crippen molar-refractivity contribution in [3.05, 3.63) is 24.3 Å². The van der Waals surface area contributed by atoms with E-state index in [0.717, 1.165) is 11.5 Å². The van der Waals surface area contributed by atoms with Crippen molar-refractivity contribution in [1.82, 2.24) is 5.06 Å². The Labute approximate surface area is 82.8 Å². The summed E-state index contributed by atoms with van der Waals surface area (Å²) < 4.78 is 0. The third-order valence-electron chi connectivity index (χ3n) is 1.91. The van der Waals surface area contributed by atoms with Gasteiger partial charge in [-0.15, -0.1) is 0 Å². The summed E-state index contributed by atoms with van der Waals surface area (Å²) in [6.07, 6.45) is 4.25. The van der Waals surface area contributed by atoms with E-state index in [1.54, 1.807) is 13.0 Å². The smallest absolute Gasteiger partial charge is 0.333 e. The molecule has 1 saturated heterocycles. The molecule has 0 atom stereocenters. The summed E-state index contributed by atoms with van der Waals surface area (Å²) >= 11 is 0. The lowest BCUT2D eigenvalue weighted by atomic mass is 10.3. The van der Waals surface area contributed by atoms with E-state index in [0.29, 0.717) is 18.5 Å². The summed E-state index contributed by atoms with van der Waals surface area (Å²) in [5.41, 5.74) is 0.430. The first-order valence-electron chi connectivity index (χ1n) is 4.47. The molecule has 1 rings (SSSR count). The van der Waals surface area contributed by atoms with Crippen molar-refractivity contribution < 1.29 is 14.4 Å². The van der Waals surface area contributed by atoms with Crippen LogP contribution in [-0.2, 0) is 14.4 Å². The number of carbonyl (C=O) groups is 2. The quantitative estimate of drug-likeness (QED) is 0.502. The van der Waals surface area contributed by atoms with Crippen LogP contribution >= 0.6 is 0 Å². The van der Waals surface area contributed by atoms with E-state index in [2.05, 4.69) is 6.58 Å². The largest absolute Gasteiger partial charge is 0.358 e. The van der Waals surface area contributed by atoms with Gasteiger partial charge in [0.1, 0.15) is 0 Å². The van der Waals surface area contributed by atoms with Crippen LogP contribution in [0, 0.1) is 0 Å². The van der Waals surface area contributed by atoms with Crippen molar-refractivity contribution in [2.24, 2.45) is 0 Å². The summed E-state index contributed by atoms with van der Waals surface area (Å²) in [5, 5.41) is 1.11. The highest BCUT2D eigenvalue weighted by Gasteiger charge is 2.24. The predicted molar refractivity (Wildman–Crippen MR) is 51.0 cm³/mol. The summed E-state index contributed by atoms with van der Waals surface area (Å²) in [5.74, 6) is -0.634. The van der Waals surface area contributed by atoms with Crippen LogP contribution in [0.1, 0.15) is 19.8 Å². The molecule has 0 aliphatic carbocycles. The molecule has 1 aliphatic heterocycles. The Morgan fingerprint density at radius 2 is 2.36 bits per heavy atom. The minimum atomic E-state index is -0.500. The molecule has 0 bridgehead atoms. The number of carbonyl (C=O) groups excluding carboxylic acids is 2.